The molecule has 1 aromatic carbocycles. The predicted octanol–water partition coefficient (Wildman–Crippen LogP) is 2.75. The van der Waals surface area contributed by atoms with Gasteiger partial charge in [0.05, 0.1) is 22.0 Å². The van der Waals surface area contributed by atoms with Crippen LogP contribution in [-0.4, -0.2) is 31.5 Å². The van der Waals surface area contributed by atoms with E-state index in [1.165, 1.54) is 24.7 Å². The first kappa shape index (κ1) is 19.2. The molecule has 0 bridgehead atoms. The molecular formula is C19H22N2O5S. The van der Waals surface area contributed by atoms with Gasteiger partial charge in [0.2, 0.25) is 5.91 Å². The second kappa shape index (κ2) is 7.96. The molecular weight excluding hydrogens is 368 g/mol. The van der Waals surface area contributed by atoms with E-state index in [0.29, 0.717) is 24.1 Å². The lowest BCUT2D eigenvalue weighted by atomic mass is 10.2. The summed E-state index contributed by atoms with van der Waals surface area (Å²) in [6, 6.07) is 6.94. The summed E-state index contributed by atoms with van der Waals surface area (Å²) in [5, 5.41) is 4.87. The Labute approximate surface area is 158 Å². The van der Waals surface area contributed by atoms with Crippen LogP contribution in [-0.2, 0) is 14.6 Å². The summed E-state index contributed by atoms with van der Waals surface area (Å²) in [6.07, 6.45) is 5.86. The Bertz CT molecular complexity index is 915. The summed E-state index contributed by atoms with van der Waals surface area (Å²) in [6.45, 7) is 1.55. The molecule has 1 atom stereocenters. The SMILES string of the molecule is C[C@H](NC(=O)c1ccoc1)C(=O)Nc1cccc(S(=O)(=O)C2CCCC2)c1. The van der Waals surface area contributed by atoms with Crippen LogP contribution in [0.1, 0.15) is 43.0 Å². The molecule has 1 heterocycles. The van der Waals surface area contributed by atoms with E-state index >= 15 is 0 Å². The Morgan fingerprint density at radius 3 is 2.59 bits per heavy atom. The first-order chi connectivity index (χ1) is 12.9. The summed E-state index contributed by atoms with van der Waals surface area (Å²) in [4.78, 5) is 24.5. The molecule has 7 nitrogen and oxygen atoms in total. The van der Waals surface area contributed by atoms with Gasteiger partial charge in [-0.25, -0.2) is 8.42 Å². The topological polar surface area (TPSA) is 105 Å². The zero-order valence-corrected chi connectivity index (χ0v) is 15.8. The highest BCUT2D eigenvalue weighted by atomic mass is 32.2. The molecule has 144 valence electrons. The van der Waals surface area contributed by atoms with Crippen LogP contribution < -0.4 is 10.6 Å². The standard InChI is InChI=1S/C19H22N2O5S/c1-13(20-19(23)14-9-10-26-12-14)18(22)21-15-5-4-8-17(11-15)27(24,25)16-6-2-3-7-16/h4-5,8-13,16H,2-3,6-7H2,1H3,(H,20,23)(H,21,22)/t13-/m0/s1. The molecule has 2 N–H and O–H groups in total. The molecule has 2 amide bonds. The number of anilines is 1. The molecule has 1 saturated carbocycles. The largest absolute Gasteiger partial charge is 0.472 e. The van der Waals surface area contributed by atoms with Crippen molar-refractivity contribution in [3.8, 4) is 0 Å². The van der Waals surface area contributed by atoms with E-state index in [2.05, 4.69) is 10.6 Å². The number of nitrogens with one attached hydrogen (secondary N) is 2. The fourth-order valence-electron chi connectivity index (χ4n) is 3.13. The molecule has 0 spiro atoms. The van der Waals surface area contributed by atoms with Gasteiger partial charge in [0, 0.05) is 5.69 Å². The maximum atomic E-state index is 12.7. The lowest BCUT2D eigenvalue weighted by Crippen LogP contribution is -2.41. The second-order valence-electron chi connectivity index (χ2n) is 6.68. The summed E-state index contributed by atoms with van der Waals surface area (Å²) in [5.74, 6) is -0.869. The molecule has 27 heavy (non-hydrogen) atoms. The summed E-state index contributed by atoms with van der Waals surface area (Å²) in [5.41, 5.74) is 0.697. The molecule has 1 aromatic heterocycles. The van der Waals surface area contributed by atoms with Crippen LogP contribution in [0.5, 0.6) is 0 Å². The number of benzene rings is 1. The lowest BCUT2D eigenvalue weighted by molar-refractivity contribution is -0.117. The Kier molecular flexibility index (Phi) is 5.65. The van der Waals surface area contributed by atoms with Gasteiger partial charge >= 0.3 is 0 Å². The van der Waals surface area contributed by atoms with Gasteiger partial charge in [-0.1, -0.05) is 18.9 Å². The van der Waals surface area contributed by atoms with Crippen molar-refractivity contribution in [1.82, 2.24) is 5.32 Å². The molecule has 0 radical (unpaired) electrons. The Morgan fingerprint density at radius 2 is 1.93 bits per heavy atom. The maximum absolute atomic E-state index is 12.7. The Morgan fingerprint density at radius 1 is 1.19 bits per heavy atom. The summed E-state index contributed by atoms with van der Waals surface area (Å²) >= 11 is 0. The van der Waals surface area contributed by atoms with Gasteiger partial charge in [0.25, 0.3) is 5.91 Å². The molecule has 0 aliphatic heterocycles. The van der Waals surface area contributed by atoms with Gasteiger partial charge in [-0.15, -0.1) is 0 Å². The number of amides is 2. The minimum Gasteiger partial charge on any atom is -0.472 e. The van der Waals surface area contributed by atoms with Crippen LogP contribution >= 0.6 is 0 Å². The van der Waals surface area contributed by atoms with Crippen molar-refractivity contribution in [2.45, 2.75) is 48.8 Å². The number of hydrogen-bond donors (Lipinski definition) is 2. The first-order valence-corrected chi connectivity index (χ1v) is 10.4. The number of carbonyl (C=O) groups excluding carboxylic acids is 2. The van der Waals surface area contributed by atoms with Crippen molar-refractivity contribution in [3.63, 3.8) is 0 Å². The third-order valence-corrected chi connectivity index (χ3v) is 6.96. The zero-order valence-electron chi connectivity index (χ0n) is 15.0. The van der Waals surface area contributed by atoms with Crippen LogP contribution in [0.4, 0.5) is 5.69 Å². The molecule has 1 aliphatic rings. The number of hydrogen-bond acceptors (Lipinski definition) is 5. The maximum Gasteiger partial charge on any atom is 0.255 e. The normalized spacial score (nSPS) is 16.0. The highest BCUT2D eigenvalue weighted by Crippen LogP contribution is 2.30. The van der Waals surface area contributed by atoms with Crippen LogP contribution in [0, 0.1) is 0 Å². The van der Waals surface area contributed by atoms with Crippen LogP contribution in [0.25, 0.3) is 0 Å². The van der Waals surface area contributed by atoms with Crippen molar-refractivity contribution in [2.75, 3.05) is 5.32 Å². The third kappa shape index (κ3) is 4.39. The number of rotatable bonds is 6. The van der Waals surface area contributed by atoms with Crippen LogP contribution in [0.3, 0.4) is 0 Å². The predicted molar refractivity (Wildman–Crippen MR) is 100 cm³/mol. The Balaban J connectivity index is 1.66. The first-order valence-electron chi connectivity index (χ1n) is 8.86. The van der Waals surface area contributed by atoms with E-state index < -0.39 is 27.7 Å². The molecule has 1 fully saturated rings. The van der Waals surface area contributed by atoms with Gasteiger partial charge in [0.1, 0.15) is 12.3 Å². The van der Waals surface area contributed by atoms with E-state index in [9.17, 15) is 18.0 Å². The van der Waals surface area contributed by atoms with E-state index in [-0.39, 0.29) is 10.1 Å². The third-order valence-electron chi connectivity index (χ3n) is 4.70. The van der Waals surface area contributed by atoms with Crippen LogP contribution in [0.15, 0.2) is 52.2 Å². The lowest BCUT2D eigenvalue weighted by Gasteiger charge is -2.15. The highest BCUT2D eigenvalue weighted by molar-refractivity contribution is 7.92. The van der Waals surface area contributed by atoms with Crippen molar-refractivity contribution < 1.29 is 22.4 Å². The van der Waals surface area contributed by atoms with Crippen molar-refractivity contribution in [2.24, 2.45) is 0 Å². The summed E-state index contributed by atoms with van der Waals surface area (Å²) in [7, 11) is -3.40. The van der Waals surface area contributed by atoms with E-state index in [1.54, 1.807) is 25.1 Å². The molecule has 2 aromatic rings. The average molecular weight is 390 g/mol. The smallest absolute Gasteiger partial charge is 0.255 e. The molecule has 1 aliphatic carbocycles. The zero-order chi connectivity index (χ0) is 19.4. The highest BCUT2D eigenvalue weighted by Gasteiger charge is 2.30. The second-order valence-corrected chi connectivity index (χ2v) is 8.90. The van der Waals surface area contributed by atoms with Crippen molar-refractivity contribution in [1.29, 1.82) is 0 Å². The van der Waals surface area contributed by atoms with Crippen molar-refractivity contribution >= 4 is 27.3 Å². The fraction of sp³-hybridized carbons (Fsp3) is 0.368. The minimum atomic E-state index is -3.40. The van der Waals surface area contributed by atoms with Crippen molar-refractivity contribution in [3.05, 3.63) is 48.4 Å². The quantitative estimate of drug-likeness (QED) is 0.789. The monoisotopic (exact) mass is 390 g/mol. The number of carbonyl (C=O) groups is 2. The minimum absolute atomic E-state index is 0.210. The molecule has 3 rings (SSSR count). The Hall–Kier alpha value is -2.61. The summed E-state index contributed by atoms with van der Waals surface area (Å²) < 4.78 is 30.3. The molecule has 0 saturated heterocycles. The van der Waals surface area contributed by atoms with Gasteiger partial charge in [0.15, 0.2) is 9.84 Å². The van der Waals surface area contributed by atoms with E-state index in [0.717, 1.165) is 12.8 Å². The van der Waals surface area contributed by atoms with E-state index in [4.69, 9.17) is 4.42 Å². The van der Waals surface area contributed by atoms with Gasteiger partial charge in [-0.2, -0.15) is 0 Å². The number of furan rings is 1. The average Bonchev–Trinajstić information content (AvgIpc) is 3.35. The molecule has 8 heteroatoms. The van der Waals surface area contributed by atoms with Gasteiger partial charge in [-0.05, 0) is 44.0 Å². The van der Waals surface area contributed by atoms with Gasteiger partial charge in [-0.3, -0.25) is 9.59 Å². The van der Waals surface area contributed by atoms with Gasteiger partial charge < -0.3 is 15.1 Å². The fourth-order valence-corrected chi connectivity index (χ4v) is 5.03. The number of sulfone groups is 1. The van der Waals surface area contributed by atoms with Crippen LogP contribution in [0.2, 0.25) is 0 Å². The van der Waals surface area contributed by atoms with E-state index in [1.807, 2.05) is 0 Å². The molecule has 0 unspecified atom stereocenters.